The number of methoxy groups -OCH3 is 1. The average Bonchev–Trinajstić information content (AvgIpc) is 3.15. The molecule has 1 unspecified atom stereocenters. The Labute approximate surface area is 182 Å². The van der Waals surface area contributed by atoms with Crippen molar-refractivity contribution in [1.82, 2.24) is 24.5 Å². The molecule has 0 aromatic carbocycles. The summed E-state index contributed by atoms with van der Waals surface area (Å²) in [6.07, 6.45) is 4.12. The van der Waals surface area contributed by atoms with E-state index in [1.807, 2.05) is 13.8 Å². The van der Waals surface area contributed by atoms with Crippen molar-refractivity contribution in [3.05, 3.63) is 46.6 Å². The number of amides is 1. The molecule has 0 bridgehead atoms. The number of nitrogens with zero attached hydrogens (tertiary/aromatic N) is 5. The van der Waals surface area contributed by atoms with Gasteiger partial charge in [-0.3, -0.25) is 9.59 Å². The number of carbonyl (C=O) groups excluding carboxylic acids is 2. The lowest BCUT2D eigenvalue weighted by Gasteiger charge is -2.48. The molecular formula is C22H31N5O4. The van der Waals surface area contributed by atoms with E-state index in [0.717, 1.165) is 6.42 Å². The molecule has 0 N–H and O–H groups in total. The van der Waals surface area contributed by atoms with Gasteiger partial charge < -0.3 is 14.2 Å². The van der Waals surface area contributed by atoms with E-state index in [1.54, 1.807) is 29.4 Å². The van der Waals surface area contributed by atoms with Crippen LogP contribution >= 0.6 is 0 Å². The van der Waals surface area contributed by atoms with Gasteiger partial charge in [0.25, 0.3) is 5.56 Å². The smallest absolute Gasteiger partial charge is 0.337 e. The molecular weight excluding hydrogens is 398 g/mol. The van der Waals surface area contributed by atoms with Crippen LogP contribution in [0.4, 0.5) is 0 Å². The van der Waals surface area contributed by atoms with E-state index in [0.29, 0.717) is 11.6 Å². The number of ether oxygens (including phenoxy) is 1. The SMILES string of the molecule is COC(=O)C1(n2cc(Cn3ccccc3=O)nn2)CN(C(=O)C(CC(C)C)C(C)C)C1. The van der Waals surface area contributed by atoms with Gasteiger partial charge in [0.05, 0.1) is 32.9 Å². The lowest BCUT2D eigenvalue weighted by molar-refractivity contribution is -0.170. The highest BCUT2D eigenvalue weighted by Gasteiger charge is 2.55. The first-order valence-electron chi connectivity index (χ1n) is 10.6. The number of hydrogen-bond donors (Lipinski definition) is 0. The van der Waals surface area contributed by atoms with Crippen molar-refractivity contribution in [2.24, 2.45) is 17.8 Å². The molecule has 168 valence electrons. The first-order valence-corrected chi connectivity index (χ1v) is 10.6. The van der Waals surface area contributed by atoms with Gasteiger partial charge >= 0.3 is 5.97 Å². The fourth-order valence-electron chi connectivity index (χ4n) is 4.04. The number of hydrogen-bond acceptors (Lipinski definition) is 6. The molecule has 31 heavy (non-hydrogen) atoms. The number of carbonyl (C=O) groups is 2. The van der Waals surface area contributed by atoms with Crippen molar-refractivity contribution in [3.63, 3.8) is 0 Å². The predicted octanol–water partition coefficient (Wildman–Crippen LogP) is 1.52. The molecule has 2 aromatic rings. The largest absolute Gasteiger partial charge is 0.467 e. The Morgan fingerprint density at radius 1 is 1.19 bits per heavy atom. The lowest BCUT2D eigenvalue weighted by Crippen LogP contribution is -2.69. The second-order valence-electron chi connectivity index (χ2n) is 9.02. The third-order valence-electron chi connectivity index (χ3n) is 5.84. The quantitative estimate of drug-likeness (QED) is 0.590. The highest BCUT2D eigenvalue weighted by atomic mass is 16.5. The van der Waals surface area contributed by atoms with Crippen molar-refractivity contribution in [2.75, 3.05) is 20.2 Å². The van der Waals surface area contributed by atoms with Crippen LogP contribution in [0.5, 0.6) is 0 Å². The molecule has 9 nitrogen and oxygen atoms in total. The minimum absolute atomic E-state index is 0.0550. The highest BCUT2D eigenvalue weighted by molar-refractivity contribution is 5.86. The van der Waals surface area contributed by atoms with Crippen LogP contribution in [-0.2, 0) is 26.4 Å². The summed E-state index contributed by atoms with van der Waals surface area (Å²) in [6, 6.07) is 4.91. The number of likely N-dealkylation sites (tertiary alicyclic amines) is 1. The van der Waals surface area contributed by atoms with E-state index in [9.17, 15) is 14.4 Å². The van der Waals surface area contributed by atoms with E-state index < -0.39 is 11.5 Å². The Kier molecular flexibility index (Phi) is 6.62. The number of aromatic nitrogens is 4. The second kappa shape index (κ2) is 9.03. The number of pyridine rings is 1. The van der Waals surface area contributed by atoms with E-state index in [4.69, 9.17) is 4.74 Å². The zero-order valence-corrected chi connectivity index (χ0v) is 18.8. The summed E-state index contributed by atoms with van der Waals surface area (Å²) >= 11 is 0. The maximum atomic E-state index is 13.1. The monoisotopic (exact) mass is 429 g/mol. The molecule has 0 saturated carbocycles. The van der Waals surface area contributed by atoms with Crippen LogP contribution in [0.15, 0.2) is 35.4 Å². The van der Waals surface area contributed by atoms with Gasteiger partial charge in [-0.15, -0.1) is 5.10 Å². The van der Waals surface area contributed by atoms with Gasteiger partial charge in [0.1, 0.15) is 5.69 Å². The normalized spacial score (nSPS) is 16.3. The highest BCUT2D eigenvalue weighted by Crippen LogP contribution is 2.34. The van der Waals surface area contributed by atoms with E-state index in [1.165, 1.54) is 22.4 Å². The van der Waals surface area contributed by atoms with E-state index in [-0.39, 0.29) is 42.9 Å². The van der Waals surface area contributed by atoms with Crippen LogP contribution in [0, 0.1) is 17.8 Å². The molecule has 0 aliphatic carbocycles. The molecule has 3 heterocycles. The molecule has 0 radical (unpaired) electrons. The molecule has 1 aliphatic rings. The minimum atomic E-state index is -1.10. The maximum Gasteiger partial charge on any atom is 0.337 e. The van der Waals surface area contributed by atoms with Crippen molar-refractivity contribution >= 4 is 11.9 Å². The van der Waals surface area contributed by atoms with E-state index in [2.05, 4.69) is 24.2 Å². The van der Waals surface area contributed by atoms with Crippen LogP contribution in [0.2, 0.25) is 0 Å². The van der Waals surface area contributed by atoms with Crippen molar-refractivity contribution in [2.45, 2.75) is 46.2 Å². The summed E-state index contributed by atoms with van der Waals surface area (Å²) in [4.78, 5) is 39.4. The third-order valence-corrected chi connectivity index (χ3v) is 5.84. The van der Waals surface area contributed by atoms with Gasteiger partial charge in [0, 0.05) is 18.2 Å². The fraction of sp³-hybridized carbons (Fsp3) is 0.591. The Hall–Kier alpha value is -2.97. The summed E-state index contributed by atoms with van der Waals surface area (Å²) in [5, 5.41) is 8.27. The maximum absolute atomic E-state index is 13.1. The van der Waals surface area contributed by atoms with Gasteiger partial charge in [-0.05, 0) is 24.3 Å². The number of esters is 1. The Bertz CT molecular complexity index is 988. The fourth-order valence-corrected chi connectivity index (χ4v) is 4.04. The molecule has 1 aliphatic heterocycles. The molecule has 1 fully saturated rings. The van der Waals surface area contributed by atoms with Crippen molar-refractivity contribution in [1.29, 1.82) is 0 Å². The average molecular weight is 430 g/mol. The van der Waals surface area contributed by atoms with Crippen LogP contribution in [0.3, 0.4) is 0 Å². The zero-order chi connectivity index (χ0) is 22.8. The Morgan fingerprint density at radius 3 is 2.48 bits per heavy atom. The summed E-state index contributed by atoms with van der Waals surface area (Å²) < 4.78 is 8.02. The standard InChI is InChI=1S/C22H31N5O4/c1-15(2)10-18(16(3)4)20(29)26-13-22(14-26,21(30)31-5)27-12-17(23-24-27)11-25-9-7-6-8-19(25)28/h6-9,12,15-16,18H,10-11,13-14H2,1-5H3. The first-order chi connectivity index (χ1) is 14.7. The molecule has 1 saturated heterocycles. The third kappa shape index (κ3) is 4.55. The van der Waals surface area contributed by atoms with Gasteiger partial charge in [0.2, 0.25) is 5.91 Å². The summed E-state index contributed by atoms with van der Waals surface area (Å²) in [7, 11) is 1.33. The van der Waals surface area contributed by atoms with Crippen molar-refractivity contribution in [3.8, 4) is 0 Å². The van der Waals surface area contributed by atoms with Gasteiger partial charge in [-0.25, -0.2) is 9.48 Å². The van der Waals surface area contributed by atoms with Gasteiger partial charge in [-0.1, -0.05) is 39.0 Å². The van der Waals surface area contributed by atoms with E-state index >= 15 is 0 Å². The van der Waals surface area contributed by atoms with Crippen LogP contribution in [-0.4, -0.2) is 56.5 Å². The summed E-state index contributed by atoms with van der Waals surface area (Å²) in [5.41, 5.74) is -0.706. The van der Waals surface area contributed by atoms with Crippen molar-refractivity contribution < 1.29 is 14.3 Å². The predicted molar refractivity (Wildman–Crippen MR) is 114 cm³/mol. The number of rotatable bonds is 8. The lowest BCUT2D eigenvalue weighted by atomic mass is 9.83. The zero-order valence-electron chi connectivity index (χ0n) is 18.8. The topological polar surface area (TPSA) is 99.3 Å². The summed E-state index contributed by atoms with van der Waals surface area (Å²) in [5.74, 6) is 0.119. The Balaban J connectivity index is 1.79. The molecule has 0 spiro atoms. The summed E-state index contributed by atoms with van der Waals surface area (Å²) in [6.45, 7) is 8.92. The first kappa shape index (κ1) is 22.7. The molecule has 9 heteroatoms. The van der Waals surface area contributed by atoms with Gasteiger partial charge in [0.15, 0.2) is 5.54 Å². The molecule has 3 rings (SSSR count). The van der Waals surface area contributed by atoms with Crippen LogP contribution in [0.25, 0.3) is 0 Å². The Morgan fingerprint density at radius 2 is 1.90 bits per heavy atom. The minimum Gasteiger partial charge on any atom is -0.467 e. The molecule has 2 aromatic heterocycles. The molecule has 1 atom stereocenters. The molecule has 1 amide bonds. The van der Waals surface area contributed by atoms with Crippen LogP contribution in [0.1, 0.15) is 39.8 Å². The van der Waals surface area contributed by atoms with Crippen LogP contribution < -0.4 is 5.56 Å². The second-order valence-corrected chi connectivity index (χ2v) is 9.02. The van der Waals surface area contributed by atoms with Gasteiger partial charge in [-0.2, -0.15) is 0 Å².